The van der Waals surface area contributed by atoms with Crippen LogP contribution in [0.25, 0.3) is 54.6 Å². The van der Waals surface area contributed by atoms with Crippen LogP contribution in [0.15, 0.2) is 152 Å². The molecule has 9 rings (SSSR count). The average molecular weight is 562 g/mol. The summed E-state index contributed by atoms with van der Waals surface area (Å²) in [5, 5.41) is 7.79. The maximum atomic E-state index is 2.40. The van der Waals surface area contributed by atoms with E-state index in [2.05, 4.69) is 170 Å². The zero-order valence-electron chi connectivity index (χ0n) is 24.9. The van der Waals surface area contributed by atoms with Crippen molar-refractivity contribution in [2.75, 3.05) is 4.90 Å². The Hall–Kier alpha value is -5.40. The van der Waals surface area contributed by atoms with Crippen molar-refractivity contribution < 1.29 is 0 Å². The molecule has 1 aliphatic carbocycles. The number of hydrogen-bond donors (Lipinski definition) is 0. The monoisotopic (exact) mass is 561 g/mol. The van der Waals surface area contributed by atoms with E-state index in [0.717, 1.165) is 11.4 Å². The zero-order chi connectivity index (χ0) is 29.4. The van der Waals surface area contributed by atoms with Crippen LogP contribution in [0.3, 0.4) is 0 Å². The van der Waals surface area contributed by atoms with Gasteiger partial charge in [0.25, 0.3) is 0 Å². The Bertz CT molecular complexity index is 2330. The third-order valence-corrected chi connectivity index (χ3v) is 9.80. The summed E-state index contributed by atoms with van der Waals surface area (Å²) in [6.07, 6.45) is 0. The van der Waals surface area contributed by atoms with Crippen molar-refractivity contribution in [1.82, 2.24) is 0 Å². The summed E-state index contributed by atoms with van der Waals surface area (Å²) in [4.78, 5) is 2.40. The minimum Gasteiger partial charge on any atom is -0.310 e. The van der Waals surface area contributed by atoms with E-state index in [0.29, 0.717) is 0 Å². The number of anilines is 3. The number of benzene rings is 8. The molecule has 0 aromatic heterocycles. The van der Waals surface area contributed by atoms with Crippen molar-refractivity contribution in [1.29, 1.82) is 0 Å². The second-order valence-electron chi connectivity index (χ2n) is 12.6. The van der Waals surface area contributed by atoms with E-state index in [-0.39, 0.29) is 5.41 Å². The maximum absolute atomic E-state index is 2.40. The molecule has 0 fully saturated rings. The van der Waals surface area contributed by atoms with E-state index in [1.165, 1.54) is 71.4 Å². The van der Waals surface area contributed by atoms with Gasteiger partial charge in [0.15, 0.2) is 0 Å². The number of fused-ring (bicyclic) bond motifs is 3. The van der Waals surface area contributed by atoms with Gasteiger partial charge < -0.3 is 4.90 Å². The molecule has 0 spiro atoms. The molecule has 1 heteroatoms. The summed E-state index contributed by atoms with van der Waals surface area (Å²) in [6, 6.07) is 55.9. The van der Waals surface area contributed by atoms with Gasteiger partial charge in [0.05, 0.1) is 5.69 Å². The fourth-order valence-corrected chi connectivity index (χ4v) is 7.61. The molecule has 0 bridgehead atoms. The van der Waals surface area contributed by atoms with Crippen LogP contribution < -0.4 is 4.90 Å². The lowest BCUT2D eigenvalue weighted by Gasteiger charge is -2.28. The molecule has 1 aliphatic rings. The number of para-hydroxylation sites is 1. The molecule has 0 heterocycles. The summed E-state index contributed by atoms with van der Waals surface area (Å²) in [7, 11) is 0. The van der Waals surface area contributed by atoms with Gasteiger partial charge in [0.1, 0.15) is 0 Å². The first kappa shape index (κ1) is 25.1. The lowest BCUT2D eigenvalue weighted by Crippen LogP contribution is -2.14. The van der Waals surface area contributed by atoms with Crippen LogP contribution in [0.4, 0.5) is 17.1 Å². The quantitative estimate of drug-likeness (QED) is 0.193. The lowest BCUT2D eigenvalue weighted by atomic mass is 9.81. The molecule has 8 aromatic carbocycles. The molecule has 1 nitrogen and oxygen atoms in total. The smallest absolute Gasteiger partial charge is 0.0540 e. The fraction of sp³-hybridized carbons (Fsp3) is 0.0698. The molecule has 8 aromatic rings. The van der Waals surface area contributed by atoms with Crippen molar-refractivity contribution in [2.45, 2.75) is 19.3 Å². The van der Waals surface area contributed by atoms with Crippen LogP contribution in [0.5, 0.6) is 0 Å². The maximum Gasteiger partial charge on any atom is 0.0540 e. The van der Waals surface area contributed by atoms with E-state index in [1.807, 2.05) is 0 Å². The fourth-order valence-electron chi connectivity index (χ4n) is 7.61. The molecule has 0 amide bonds. The molecular formula is C43H31N. The van der Waals surface area contributed by atoms with Crippen LogP contribution in [-0.4, -0.2) is 0 Å². The zero-order valence-corrected chi connectivity index (χ0v) is 24.9. The standard InChI is InChI=1S/C43H31N/c1-43(2)38-14-7-6-13-35(38)36-24-20-32(27-39(36)43)28-17-22-34(23-18-28)44(33-11-4-3-5-12-33)40-26-21-31-16-15-29-9-8-10-30-19-25-37(40)42(31)41(29)30/h3-27H,1-2H3. The molecule has 0 saturated heterocycles. The molecule has 0 atom stereocenters. The van der Waals surface area contributed by atoms with Crippen LogP contribution >= 0.6 is 0 Å². The van der Waals surface area contributed by atoms with Gasteiger partial charge in [-0.15, -0.1) is 0 Å². The highest BCUT2D eigenvalue weighted by Gasteiger charge is 2.35. The lowest BCUT2D eigenvalue weighted by molar-refractivity contribution is 0.660. The normalized spacial score (nSPS) is 13.4. The predicted octanol–water partition coefficient (Wildman–Crippen LogP) is 12.0. The largest absolute Gasteiger partial charge is 0.310 e. The Morgan fingerprint density at radius 2 is 1.05 bits per heavy atom. The molecule has 0 unspecified atom stereocenters. The molecule has 0 radical (unpaired) electrons. The first-order valence-electron chi connectivity index (χ1n) is 15.4. The highest BCUT2D eigenvalue weighted by atomic mass is 15.1. The molecule has 44 heavy (non-hydrogen) atoms. The van der Waals surface area contributed by atoms with Gasteiger partial charge in [-0.3, -0.25) is 0 Å². The topological polar surface area (TPSA) is 3.24 Å². The summed E-state index contributed by atoms with van der Waals surface area (Å²) >= 11 is 0. The average Bonchev–Trinajstić information content (AvgIpc) is 3.31. The summed E-state index contributed by atoms with van der Waals surface area (Å²) in [6.45, 7) is 4.69. The molecule has 0 saturated carbocycles. The molecule has 208 valence electrons. The van der Waals surface area contributed by atoms with Crippen molar-refractivity contribution >= 4 is 49.4 Å². The van der Waals surface area contributed by atoms with Gasteiger partial charge in [-0.1, -0.05) is 129 Å². The Balaban J connectivity index is 1.18. The molecular weight excluding hydrogens is 530 g/mol. The van der Waals surface area contributed by atoms with Gasteiger partial charge in [-0.05, 0) is 96.7 Å². The second kappa shape index (κ2) is 9.30. The highest BCUT2D eigenvalue weighted by molar-refractivity contribution is 6.25. The van der Waals surface area contributed by atoms with Crippen LogP contribution in [0, 0.1) is 0 Å². The van der Waals surface area contributed by atoms with Gasteiger partial charge in [-0.25, -0.2) is 0 Å². The minimum absolute atomic E-state index is 0.0129. The Kier molecular flexibility index (Phi) is 5.31. The van der Waals surface area contributed by atoms with Crippen molar-refractivity contribution in [2.24, 2.45) is 0 Å². The van der Waals surface area contributed by atoms with Gasteiger partial charge in [0, 0.05) is 22.2 Å². The van der Waals surface area contributed by atoms with Gasteiger partial charge >= 0.3 is 0 Å². The Labute approximate surface area is 258 Å². The number of nitrogens with zero attached hydrogens (tertiary/aromatic N) is 1. The van der Waals surface area contributed by atoms with E-state index < -0.39 is 0 Å². The van der Waals surface area contributed by atoms with Gasteiger partial charge in [0.2, 0.25) is 0 Å². The van der Waals surface area contributed by atoms with Crippen molar-refractivity contribution in [3.05, 3.63) is 163 Å². The SMILES string of the molecule is CC1(C)c2ccccc2-c2ccc(-c3ccc(N(c4ccccc4)c4ccc5ccc6cccc7ccc4c5c67)cc3)cc21. The van der Waals surface area contributed by atoms with Crippen LogP contribution in [0.2, 0.25) is 0 Å². The first-order chi connectivity index (χ1) is 21.6. The summed E-state index contributed by atoms with van der Waals surface area (Å²) in [5.74, 6) is 0. The highest BCUT2D eigenvalue weighted by Crippen LogP contribution is 2.50. The van der Waals surface area contributed by atoms with E-state index >= 15 is 0 Å². The van der Waals surface area contributed by atoms with Crippen LogP contribution in [-0.2, 0) is 5.41 Å². The van der Waals surface area contributed by atoms with E-state index in [4.69, 9.17) is 0 Å². The Morgan fingerprint density at radius 3 is 1.84 bits per heavy atom. The minimum atomic E-state index is -0.0129. The third-order valence-electron chi connectivity index (χ3n) is 9.80. The summed E-state index contributed by atoms with van der Waals surface area (Å²) in [5.41, 5.74) is 11.5. The molecule has 0 N–H and O–H groups in total. The van der Waals surface area contributed by atoms with Crippen LogP contribution in [0.1, 0.15) is 25.0 Å². The third kappa shape index (κ3) is 3.59. The van der Waals surface area contributed by atoms with Gasteiger partial charge in [-0.2, -0.15) is 0 Å². The Morgan fingerprint density at radius 1 is 0.432 bits per heavy atom. The number of rotatable bonds is 4. The second-order valence-corrected chi connectivity index (χ2v) is 12.6. The number of hydrogen-bond acceptors (Lipinski definition) is 1. The molecule has 0 aliphatic heterocycles. The van der Waals surface area contributed by atoms with E-state index in [9.17, 15) is 0 Å². The van der Waals surface area contributed by atoms with E-state index in [1.54, 1.807) is 0 Å². The summed E-state index contributed by atoms with van der Waals surface area (Å²) < 4.78 is 0. The van der Waals surface area contributed by atoms with Crippen molar-refractivity contribution in [3.8, 4) is 22.3 Å². The first-order valence-corrected chi connectivity index (χ1v) is 15.4. The van der Waals surface area contributed by atoms with Crippen molar-refractivity contribution in [3.63, 3.8) is 0 Å². The predicted molar refractivity (Wildman–Crippen MR) is 188 cm³/mol.